The molecule has 20 heavy (non-hydrogen) atoms. The van der Waals surface area contributed by atoms with Gasteiger partial charge in [0, 0.05) is 6.04 Å². The predicted molar refractivity (Wildman–Crippen MR) is 74.4 cm³/mol. The molecule has 4 heteroatoms. The van der Waals surface area contributed by atoms with Crippen LogP contribution in [-0.2, 0) is 6.18 Å². The molecule has 1 saturated carbocycles. The number of hydrogen-bond donors (Lipinski definition) is 1. The number of benzene rings is 1. The first-order valence-corrected chi connectivity index (χ1v) is 7.35. The van der Waals surface area contributed by atoms with E-state index in [0.29, 0.717) is 5.92 Å². The molecule has 1 aromatic carbocycles. The van der Waals surface area contributed by atoms with Gasteiger partial charge in [-0.3, -0.25) is 0 Å². The van der Waals surface area contributed by atoms with E-state index in [-0.39, 0.29) is 6.04 Å². The molecule has 1 unspecified atom stereocenters. The van der Waals surface area contributed by atoms with E-state index in [2.05, 4.69) is 5.32 Å². The van der Waals surface area contributed by atoms with Crippen LogP contribution in [-0.4, -0.2) is 7.05 Å². The van der Waals surface area contributed by atoms with Gasteiger partial charge in [-0.15, -0.1) is 0 Å². The Balaban J connectivity index is 2.03. The fraction of sp³-hybridized carbons (Fsp3) is 0.625. The van der Waals surface area contributed by atoms with E-state index in [9.17, 15) is 13.2 Å². The Kier molecular flexibility index (Phi) is 5.08. The van der Waals surface area contributed by atoms with Crippen LogP contribution in [0.15, 0.2) is 24.3 Å². The van der Waals surface area contributed by atoms with Crippen molar-refractivity contribution >= 4 is 0 Å². The SMILES string of the molecule is CNC(CC1CCCCC1)c1ccc(C(F)(F)F)cc1. The summed E-state index contributed by atoms with van der Waals surface area (Å²) in [6.07, 6.45) is 3.15. The maximum absolute atomic E-state index is 12.6. The summed E-state index contributed by atoms with van der Waals surface area (Å²) >= 11 is 0. The Morgan fingerprint density at radius 1 is 1.10 bits per heavy atom. The Morgan fingerprint density at radius 3 is 2.20 bits per heavy atom. The van der Waals surface area contributed by atoms with Crippen LogP contribution in [0.1, 0.15) is 55.7 Å². The summed E-state index contributed by atoms with van der Waals surface area (Å²) in [4.78, 5) is 0. The molecule has 2 rings (SSSR count). The van der Waals surface area contributed by atoms with Crippen molar-refractivity contribution in [1.82, 2.24) is 5.32 Å². The Bertz CT molecular complexity index is 405. The molecule has 1 aliphatic rings. The minimum atomic E-state index is -4.25. The average molecular weight is 285 g/mol. The Hall–Kier alpha value is -1.03. The van der Waals surface area contributed by atoms with Gasteiger partial charge in [-0.25, -0.2) is 0 Å². The van der Waals surface area contributed by atoms with Crippen LogP contribution in [0.25, 0.3) is 0 Å². The van der Waals surface area contributed by atoms with Crippen molar-refractivity contribution < 1.29 is 13.2 Å². The van der Waals surface area contributed by atoms with Crippen LogP contribution in [0.3, 0.4) is 0 Å². The minimum absolute atomic E-state index is 0.153. The van der Waals surface area contributed by atoms with Gasteiger partial charge in [0.2, 0.25) is 0 Å². The molecular weight excluding hydrogens is 263 g/mol. The van der Waals surface area contributed by atoms with Gasteiger partial charge < -0.3 is 5.32 Å². The van der Waals surface area contributed by atoms with Gasteiger partial charge in [-0.2, -0.15) is 13.2 Å². The van der Waals surface area contributed by atoms with Gasteiger partial charge in [0.1, 0.15) is 0 Å². The molecule has 0 aromatic heterocycles. The lowest BCUT2D eigenvalue weighted by Crippen LogP contribution is -2.21. The van der Waals surface area contributed by atoms with Gasteiger partial charge in [0.05, 0.1) is 5.56 Å². The summed E-state index contributed by atoms with van der Waals surface area (Å²) in [5, 5.41) is 3.24. The molecular formula is C16H22F3N. The van der Waals surface area contributed by atoms with Crippen molar-refractivity contribution in [1.29, 1.82) is 0 Å². The normalized spacial score (nSPS) is 19.0. The number of rotatable bonds is 4. The zero-order valence-electron chi connectivity index (χ0n) is 11.8. The van der Waals surface area contributed by atoms with Crippen molar-refractivity contribution in [2.75, 3.05) is 7.05 Å². The maximum atomic E-state index is 12.6. The van der Waals surface area contributed by atoms with E-state index in [1.165, 1.54) is 44.2 Å². The van der Waals surface area contributed by atoms with E-state index in [1.54, 1.807) is 12.1 Å². The van der Waals surface area contributed by atoms with Gasteiger partial charge in [-0.05, 0) is 37.1 Å². The van der Waals surface area contributed by atoms with Crippen LogP contribution in [0.4, 0.5) is 13.2 Å². The average Bonchev–Trinajstić information content (AvgIpc) is 2.45. The fourth-order valence-electron chi connectivity index (χ4n) is 3.08. The molecule has 1 fully saturated rings. The third kappa shape index (κ3) is 3.98. The summed E-state index contributed by atoms with van der Waals surface area (Å²) in [7, 11) is 1.88. The standard InChI is InChI=1S/C16H22F3N/c1-20-15(11-12-5-3-2-4-6-12)13-7-9-14(10-8-13)16(17,18)19/h7-10,12,15,20H,2-6,11H2,1H3. The van der Waals surface area contributed by atoms with Crippen LogP contribution in [0.5, 0.6) is 0 Å². The van der Waals surface area contributed by atoms with E-state index in [1.807, 2.05) is 7.05 Å². The van der Waals surface area contributed by atoms with Crippen LogP contribution >= 0.6 is 0 Å². The van der Waals surface area contributed by atoms with Gasteiger partial charge >= 0.3 is 6.18 Å². The lowest BCUT2D eigenvalue weighted by atomic mass is 9.83. The topological polar surface area (TPSA) is 12.0 Å². The molecule has 0 saturated heterocycles. The van der Waals surface area contributed by atoms with Crippen LogP contribution in [0, 0.1) is 5.92 Å². The largest absolute Gasteiger partial charge is 0.416 e. The zero-order chi connectivity index (χ0) is 14.6. The van der Waals surface area contributed by atoms with Crippen LogP contribution < -0.4 is 5.32 Å². The minimum Gasteiger partial charge on any atom is -0.313 e. The Morgan fingerprint density at radius 2 is 1.70 bits per heavy atom. The second-order valence-corrected chi connectivity index (χ2v) is 5.70. The van der Waals surface area contributed by atoms with Crippen molar-refractivity contribution in [2.45, 2.75) is 50.7 Å². The second-order valence-electron chi connectivity index (χ2n) is 5.70. The van der Waals surface area contributed by atoms with Crippen molar-refractivity contribution in [3.63, 3.8) is 0 Å². The molecule has 0 amide bonds. The molecule has 112 valence electrons. The first-order chi connectivity index (χ1) is 9.50. The summed E-state index contributed by atoms with van der Waals surface area (Å²) in [5.41, 5.74) is 0.375. The maximum Gasteiger partial charge on any atom is 0.416 e. The fourth-order valence-corrected chi connectivity index (χ4v) is 3.08. The van der Waals surface area contributed by atoms with Gasteiger partial charge in [0.15, 0.2) is 0 Å². The Labute approximate surface area is 118 Å². The number of halogens is 3. The first-order valence-electron chi connectivity index (χ1n) is 7.35. The quantitative estimate of drug-likeness (QED) is 0.826. The molecule has 1 N–H and O–H groups in total. The predicted octanol–water partition coefficient (Wildman–Crippen LogP) is 4.94. The van der Waals surface area contributed by atoms with Crippen LogP contribution in [0.2, 0.25) is 0 Å². The highest BCUT2D eigenvalue weighted by Crippen LogP contribution is 2.33. The molecule has 0 aliphatic heterocycles. The summed E-state index contributed by atoms with van der Waals surface area (Å²) in [6, 6.07) is 5.72. The molecule has 1 atom stereocenters. The summed E-state index contributed by atoms with van der Waals surface area (Å²) < 4.78 is 37.7. The highest BCUT2D eigenvalue weighted by atomic mass is 19.4. The van der Waals surface area contributed by atoms with E-state index in [0.717, 1.165) is 12.0 Å². The molecule has 0 spiro atoms. The monoisotopic (exact) mass is 285 g/mol. The highest BCUT2D eigenvalue weighted by molar-refractivity contribution is 5.26. The van der Waals surface area contributed by atoms with Gasteiger partial charge in [0.25, 0.3) is 0 Å². The number of alkyl halides is 3. The van der Waals surface area contributed by atoms with Crippen molar-refractivity contribution in [3.8, 4) is 0 Å². The molecule has 0 heterocycles. The molecule has 1 nitrogen and oxygen atoms in total. The smallest absolute Gasteiger partial charge is 0.313 e. The number of hydrogen-bond acceptors (Lipinski definition) is 1. The van der Waals surface area contributed by atoms with E-state index < -0.39 is 11.7 Å². The zero-order valence-corrected chi connectivity index (χ0v) is 11.8. The van der Waals surface area contributed by atoms with E-state index >= 15 is 0 Å². The second kappa shape index (κ2) is 6.61. The molecule has 1 aliphatic carbocycles. The lowest BCUT2D eigenvalue weighted by Gasteiger charge is -2.26. The van der Waals surface area contributed by atoms with Crippen molar-refractivity contribution in [2.24, 2.45) is 5.92 Å². The lowest BCUT2D eigenvalue weighted by molar-refractivity contribution is -0.137. The van der Waals surface area contributed by atoms with Gasteiger partial charge in [-0.1, -0.05) is 44.2 Å². The van der Waals surface area contributed by atoms with E-state index in [4.69, 9.17) is 0 Å². The summed E-state index contributed by atoms with van der Waals surface area (Å²) in [5.74, 6) is 0.698. The summed E-state index contributed by atoms with van der Waals surface area (Å²) in [6.45, 7) is 0. The molecule has 0 radical (unpaired) electrons. The highest BCUT2D eigenvalue weighted by Gasteiger charge is 2.30. The number of nitrogens with one attached hydrogen (secondary N) is 1. The first kappa shape index (κ1) is 15.4. The third-order valence-electron chi connectivity index (χ3n) is 4.28. The van der Waals surface area contributed by atoms with Crippen molar-refractivity contribution in [3.05, 3.63) is 35.4 Å². The molecule has 1 aromatic rings. The molecule has 0 bridgehead atoms. The third-order valence-corrected chi connectivity index (χ3v) is 4.28.